The van der Waals surface area contributed by atoms with Gasteiger partial charge in [-0.25, -0.2) is 29.9 Å². The molecule has 0 saturated heterocycles. The summed E-state index contributed by atoms with van der Waals surface area (Å²) in [6.45, 7) is 0. The van der Waals surface area contributed by atoms with Gasteiger partial charge in [0.2, 0.25) is 0 Å². The maximum absolute atomic E-state index is 10.4. The number of rotatable bonds is 10. The first-order valence-corrected chi connectivity index (χ1v) is 22.2. The number of hydrogen-bond acceptors (Lipinski definition) is 12. The maximum Gasteiger partial charge on any atom is 0.303 e. The Bertz CT molecular complexity index is 3230. The first-order chi connectivity index (χ1) is 34.1. The van der Waals surface area contributed by atoms with Gasteiger partial charge in [0.15, 0.2) is 46.3 Å². The van der Waals surface area contributed by atoms with Gasteiger partial charge in [-0.05, 0) is 48.2 Å². The summed E-state index contributed by atoms with van der Waals surface area (Å²) in [7, 11) is 6.24. The number of fused-ring (bicyclic) bond motifs is 20. The fourth-order valence-electron chi connectivity index (χ4n) is 8.17. The van der Waals surface area contributed by atoms with Crippen LogP contribution in [0.25, 0.3) is 89.7 Å². The quantitative estimate of drug-likeness (QED) is 0.0938. The number of methoxy groups -OCH3 is 4. The Balaban J connectivity index is 0.000000181. The molecule has 9 aromatic rings. The van der Waals surface area contributed by atoms with Crippen LogP contribution in [-0.2, 0) is 22.4 Å². The van der Waals surface area contributed by atoms with Crippen LogP contribution >= 0.6 is 0 Å². The van der Waals surface area contributed by atoms with Crippen LogP contribution in [0.2, 0.25) is 0 Å². The van der Waals surface area contributed by atoms with Crippen molar-refractivity contribution < 1.29 is 38.7 Å². The molecule has 5 heterocycles. The number of aryl methyl sites for hydroxylation is 2. The summed E-state index contributed by atoms with van der Waals surface area (Å²) in [5.74, 6) is 3.34. The first kappa shape index (κ1) is 48.5. The van der Waals surface area contributed by atoms with Gasteiger partial charge in [0, 0.05) is 67.6 Å². The summed E-state index contributed by atoms with van der Waals surface area (Å²) in [6.07, 6.45) is 1.23. The van der Waals surface area contributed by atoms with Gasteiger partial charge in [-0.3, -0.25) is 9.59 Å². The largest absolute Gasteiger partial charge is 0.493 e. The summed E-state index contributed by atoms with van der Waals surface area (Å²) in [4.78, 5) is 57.6. The molecule has 16 nitrogen and oxygen atoms in total. The molecule has 0 aliphatic carbocycles. The highest BCUT2D eigenvalue weighted by molar-refractivity contribution is 6.06. The van der Waals surface area contributed by atoms with E-state index in [4.69, 9.17) is 59.1 Å². The molecule has 11 rings (SSSR count). The van der Waals surface area contributed by atoms with Gasteiger partial charge in [-0.1, -0.05) is 109 Å². The van der Waals surface area contributed by atoms with E-state index >= 15 is 0 Å². The zero-order valence-corrected chi connectivity index (χ0v) is 40.1. The molecule has 8 bridgehead atoms. The van der Waals surface area contributed by atoms with E-state index in [1.54, 1.807) is 52.7 Å². The van der Waals surface area contributed by atoms with Crippen molar-refractivity contribution in [2.24, 2.45) is 0 Å². The van der Waals surface area contributed by atoms with Crippen LogP contribution in [0, 0.1) is 0 Å². The molecule has 0 atom stereocenters. The Labute approximate surface area is 411 Å². The van der Waals surface area contributed by atoms with Crippen molar-refractivity contribution in [1.82, 2.24) is 39.9 Å². The zero-order valence-electron chi connectivity index (χ0n) is 39.1. The number of carbonyl (C=O) groups is 2. The van der Waals surface area contributed by atoms with Crippen molar-refractivity contribution >= 4 is 67.0 Å². The Hall–Kier alpha value is -8.96. The maximum atomic E-state index is 10.4. The summed E-state index contributed by atoms with van der Waals surface area (Å²) in [6, 6.07) is 43.0. The van der Waals surface area contributed by atoms with Crippen LogP contribution in [0.3, 0.4) is 0 Å². The van der Waals surface area contributed by atoms with E-state index < -0.39 is 11.9 Å². The minimum atomic E-state index is -0.801. The normalized spacial score (nSPS) is 10.9. The third-order valence-electron chi connectivity index (χ3n) is 11.6. The molecule has 71 heavy (non-hydrogen) atoms. The van der Waals surface area contributed by atoms with Crippen molar-refractivity contribution in [1.29, 1.82) is 0 Å². The average molecular weight is 963 g/mol. The first-order valence-electron chi connectivity index (χ1n) is 22.2. The molecule has 17 heteroatoms. The van der Waals surface area contributed by atoms with Crippen molar-refractivity contribution in [3.63, 3.8) is 0 Å². The van der Waals surface area contributed by atoms with E-state index in [2.05, 4.69) is 9.97 Å². The number of nitrogens with zero attached hydrogens (tertiary/aromatic N) is 6. The Kier molecular flexibility index (Phi) is 14.7. The van der Waals surface area contributed by atoms with Gasteiger partial charge >= 0.3 is 11.9 Å². The van der Waals surface area contributed by atoms with Crippen LogP contribution < -0.4 is 18.9 Å². The number of aromatic nitrogens is 8. The van der Waals surface area contributed by atoms with Gasteiger partial charge < -0.3 is 39.1 Å². The number of carboxylic acids is 2. The van der Waals surface area contributed by atoms with Gasteiger partial charge in [0.05, 0.1) is 28.4 Å². The van der Waals surface area contributed by atoms with Crippen molar-refractivity contribution in [3.05, 3.63) is 145 Å². The lowest BCUT2D eigenvalue weighted by atomic mass is 10.1. The lowest BCUT2D eigenvalue weighted by molar-refractivity contribution is -0.138. The second-order valence-corrected chi connectivity index (χ2v) is 16.0. The highest BCUT2D eigenvalue weighted by atomic mass is 28.1. The van der Waals surface area contributed by atoms with Gasteiger partial charge in [0.25, 0.3) is 0 Å². The molecule has 2 aliphatic rings. The van der Waals surface area contributed by atoms with E-state index in [0.29, 0.717) is 81.7 Å². The number of aliphatic carboxylic acids is 2. The molecule has 3 aromatic heterocycles. The van der Waals surface area contributed by atoms with Gasteiger partial charge in [-0.2, -0.15) is 0 Å². The Morgan fingerprint density at radius 2 is 0.690 bits per heavy atom. The third kappa shape index (κ3) is 10.4. The number of ether oxygens (including phenoxy) is 4. The second-order valence-electron chi connectivity index (χ2n) is 16.0. The topological polar surface area (TPSA) is 220 Å². The molecule has 4 radical (unpaired) electrons. The van der Waals surface area contributed by atoms with E-state index in [1.165, 1.54) is 0 Å². The van der Waals surface area contributed by atoms with Gasteiger partial charge in [-0.15, -0.1) is 0 Å². The summed E-state index contributed by atoms with van der Waals surface area (Å²) >= 11 is 0. The highest BCUT2D eigenvalue weighted by Gasteiger charge is 2.22. The van der Waals surface area contributed by atoms with E-state index in [1.807, 2.05) is 109 Å². The number of aromatic amines is 2. The summed E-state index contributed by atoms with van der Waals surface area (Å²) < 4.78 is 20.4. The van der Waals surface area contributed by atoms with E-state index in [9.17, 15) is 9.59 Å². The minimum absolute atomic E-state index is 0. The van der Waals surface area contributed by atoms with Crippen LogP contribution in [-0.4, -0.2) is 101 Å². The Morgan fingerprint density at radius 1 is 0.408 bits per heavy atom. The molecule has 0 unspecified atom stereocenters. The fraction of sp³-hybridized carbons (Fsp3) is 0.148. The SMILES string of the molecule is COc1ccc(CCC(=O)O)cc1OC.COc1ccc(CCC(=O)O)cc1OC.[Si].c1ccc2c(c1)-c1nc-2nc2[nH]c(nc3nc(nc4[nH]c(n1)c1ccccc41)-c1ccccc1-3)c1ccccc21. The van der Waals surface area contributed by atoms with Crippen LogP contribution in [0.4, 0.5) is 0 Å². The van der Waals surface area contributed by atoms with E-state index in [0.717, 1.165) is 54.9 Å². The number of nitrogens with one attached hydrogen (secondary N) is 2. The summed E-state index contributed by atoms with van der Waals surface area (Å²) in [5, 5.41) is 20.9. The number of benzene rings is 6. The zero-order chi connectivity index (χ0) is 48.7. The lowest BCUT2D eigenvalue weighted by Crippen LogP contribution is -1.98. The predicted molar refractivity (Wildman–Crippen MR) is 273 cm³/mol. The molecule has 0 fully saturated rings. The number of H-pyrrole nitrogens is 2. The van der Waals surface area contributed by atoms with Crippen molar-refractivity contribution in [3.8, 4) is 68.5 Å². The molecular weight excluding hydrogens is 917 g/mol. The molecule has 0 saturated carbocycles. The van der Waals surface area contributed by atoms with Crippen LogP contribution in [0.15, 0.2) is 133 Å². The summed E-state index contributed by atoms with van der Waals surface area (Å²) in [5.41, 5.74) is 8.30. The smallest absolute Gasteiger partial charge is 0.303 e. The molecule has 6 aromatic carbocycles. The second kappa shape index (κ2) is 21.6. The molecule has 4 N–H and O–H groups in total. The molecule has 354 valence electrons. The molecule has 0 amide bonds. The Morgan fingerprint density at radius 3 is 0.958 bits per heavy atom. The monoisotopic (exact) mass is 962 g/mol. The molecular formula is C54H46N8O8Si. The van der Waals surface area contributed by atoms with Crippen molar-refractivity contribution in [2.45, 2.75) is 25.7 Å². The van der Waals surface area contributed by atoms with Gasteiger partial charge in [0.1, 0.15) is 22.6 Å². The average Bonchev–Trinajstić information content (AvgIpc) is 4.13. The highest BCUT2D eigenvalue weighted by Crippen LogP contribution is 2.37. The lowest BCUT2D eigenvalue weighted by Gasteiger charge is -2.08. The van der Waals surface area contributed by atoms with Crippen molar-refractivity contribution in [2.75, 3.05) is 28.4 Å². The fourth-order valence-corrected chi connectivity index (χ4v) is 8.17. The molecule has 2 aliphatic heterocycles. The van der Waals surface area contributed by atoms with Crippen LogP contribution in [0.5, 0.6) is 23.0 Å². The standard InChI is InChI=1S/C32H18N8.2C11H14O4.Si/c1-2-10-18-17(9-1)25-33-26(18)38-28-21-13-5-6-14-22(21)30(35-28)40-32-24-16-8-7-15-23(24)31(36-32)39-29-20-12-4-3-11-19(20)27(34-29)37-25;2*1-14-9-5-3-8(4-6-11(12)13)7-10(9)15-2;/h1-16H,(H2,33,34,35,36,37,38,39,40);2*3,5,7H,4,6H2,1-2H3,(H,12,13);. The van der Waals surface area contributed by atoms with Crippen LogP contribution in [0.1, 0.15) is 24.0 Å². The molecule has 0 spiro atoms. The van der Waals surface area contributed by atoms with E-state index in [-0.39, 0.29) is 23.8 Å². The third-order valence-corrected chi connectivity index (χ3v) is 11.6. The number of carboxylic acid groups (broad SMARTS) is 2. The predicted octanol–water partition coefficient (Wildman–Crippen LogP) is 9.93. The minimum Gasteiger partial charge on any atom is -0.493 e. The number of hydrogen-bond donors (Lipinski definition) is 4.